The molecule has 1 heterocycles. The largest absolute Gasteiger partial charge is 0.351 e. The number of rotatable bonds is 5. The van der Waals surface area contributed by atoms with E-state index in [2.05, 4.69) is 10.6 Å². The number of hydrogen-bond donors (Lipinski definition) is 3. The predicted octanol–water partition coefficient (Wildman–Crippen LogP) is 1.27. The molecule has 2 aromatic carbocycles. The lowest BCUT2D eigenvalue weighted by Crippen LogP contribution is -2.49. The number of nitro benzene ring substituents is 1. The molecule has 0 spiro atoms. The van der Waals surface area contributed by atoms with Crippen LogP contribution in [0.15, 0.2) is 42.5 Å². The van der Waals surface area contributed by atoms with Crippen molar-refractivity contribution in [2.24, 2.45) is 5.73 Å². The standard InChI is InChI=1S/C19H19N5O5/c1-11-17(25)22-15-10-13(18(26)21-9-8-20)4-7-16(15)23(11)19(27)12-2-5-14(6-3-12)24(28)29/h2-7,10-11H,8-9,20H2,1H3,(H,21,26)(H,22,25). The molecule has 29 heavy (non-hydrogen) atoms. The van der Waals surface area contributed by atoms with Crippen LogP contribution in [0, 0.1) is 10.1 Å². The van der Waals surface area contributed by atoms with Crippen LogP contribution in [0.3, 0.4) is 0 Å². The monoisotopic (exact) mass is 397 g/mol. The van der Waals surface area contributed by atoms with Gasteiger partial charge in [0.1, 0.15) is 6.04 Å². The number of nitrogens with two attached hydrogens (primary N) is 1. The zero-order valence-electron chi connectivity index (χ0n) is 15.5. The Kier molecular flexibility index (Phi) is 5.55. The summed E-state index contributed by atoms with van der Waals surface area (Å²) in [5.74, 6) is -1.24. The van der Waals surface area contributed by atoms with E-state index in [9.17, 15) is 24.5 Å². The fraction of sp³-hybridized carbons (Fsp3) is 0.211. The van der Waals surface area contributed by atoms with Gasteiger partial charge < -0.3 is 16.4 Å². The molecule has 10 nitrogen and oxygen atoms in total. The summed E-state index contributed by atoms with van der Waals surface area (Å²) >= 11 is 0. The number of hydrogen-bond acceptors (Lipinski definition) is 6. The van der Waals surface area contributed by atoms with E-state index in [1.165, 1.54) is 35.2 Å². The lowest BCUT2D eigenvalue weighted by atomic mass is 10.0. The molecule has 0 fully saturated rings. The smallest absolute Gasteiger partial charge is 0.269 e. The molecule has 4 N–H and O–H groups in total. The summed E-state index contributed by atoms with van der Waals surface area (Å²) in [6.07, 6.45) is 0. The Balaban J connectivity index is 1.95. The number of anilines is 2. The van der Waals surface area contributed by atoms with Gasteiger partial charge in [-0.05, 0) is 37.3 Å². The van der Waals surface area contributed by atoms with Crippen molar-refractivity contribution >= 4 is 34.8 Å². The van der Waals surface area contributed by atoms with E-state index in [1.54, 1.807) is 19.1 Å². The van der Waals surface area contributed by atoms with Crippen LogP contribution in [0.25, 0.3) is 0 Å². The first-order chi connectivity index (χ1) is 13.8. The highest BCUT2D eigenvalue weighted by molar-refractivity contribution is 6.17. The van der Waals surface area contributed by atoms with Gasteiger partial charge in [-0.15, -0.1) is 0 Å². The van der Waals surface area contributed by atoms with Crippen molar-refractivity contribution in [2.75, 3.05) is 23.3 Å². The molecule has 10 heteroatoms. The van der Waals surface area contributed by atoms with Crippen molar-refractivity contribution in [3.05, 3.63) is 63.7 Å². The average molecular weight is 397 g/mol. The maximum Gasteiger partial charge on any atom is 0.269 e. The molecule has 1 atom stereocenters. The van der Waals surface area contributed by atoms with Crippen molar-refractivity contribution in [1.29, 1.82) is 0 Å². The first-order valence-corrected chi connectivity index (χ1v) is 8.84. The molecule has 0 saturated carbocycles. The molecule has 0 bridgehead atoms. The third-order valence-electron chi connectivity index (χ3n) is 4.52. The molecule has 1 aliphatic heterocycles. The van der Waals surface area contributed by atoms with Gasteiger partial charge in [-0.25, -0.2) is 0 Å². The Bertz CT molecular complexity index is 989. The fourth-order valence-corrected chi connectivity index (χ4v) is 2.99. The van der Waals surface area contributed by atoms with E-state index < -0.39 is 22.8 Å². The number of carbonyl (C=O) groups excluding carboxylic acids is 3. The van der Waals surface area contributed by atoms with Crippen LogP contribution in [0.4, 0.5) is 17.1 Å². The average Bonchev–Trinajstić information content (AvgIpc) is 2.72. The van der Waals surface area contributed by atoms with E-state index >= 15 is 0 Å². The number of nitrogens with zero attached hydrogens (tertiary/aromatic N) is 2. The summed E-state index contributed by atoms with van der Waals surface area (Å²) in [4.78, 5) is 49.1. The maximum atomic E-state index is 13.0. The predicted molar refractivity (Wildman–Crippen MR) is 106 cm³/mol. The summed E-state index contributed by atoms with van der Waals surface area (Å²) in [6, 6.07) is 8.95. The highest BCUT2D eigenvalue weighted by Gasteiger charge is 2.34. The van der Waals surface area contributed by atoms with E-state index in [0.29, 0.717) is 30.0 Å². The Morgan fingerprint density at radius 1 is 1.21 bits per heavy atom. The number of nitro groups is 1. The number of non-ortho nitro benzene ring substituents is 1. The lowest BCUT2D eigenvalue weighted by Gasteiger charge is -2.34. The fourth-order valence-electron chi connectivity index (χ4n) is 2.99. The molecule has 0 saturated heterocycles. The zero-order valence-corrected chi connectivity index (χ0v) is 15.5. The van der Waals surface area contributed by atoms with Gasteiger partial charge in [-0.2, -0.15) is 0 Å². The van der Waals surface area contributed by atoms with Crippen LogP contribution in [-0.2, 0) is 4.79 Å². The number of benzene rings is 2. The van der Waals surface area contributed by atoms with Gasteiger partial charge in [-0.1, -0.05) is 0 Å². The normalized spacial score (nSPS) is 15.3. The minimum atomic E-state index is -0.804. The summed E-state index contributed by atoms with van der Waals surface area (Å²) in [5.41, 5.74) is 6.51. The van der Waals surface area contributed by atoms with Crippen LogP contribution in [0.1, 0.15) is 27.6 Å². The highest BCUT2D eigenvalue weighted by atomic mass is 16.6. The van der Waals surface area contributed by atoms with E-state index in [0.717, 1.165) is 0 Å². The maximum absolute atomic E-state index is 13.0. The Morgan fingerprint density at radius 3 is 2.48 bits per heavy atom. The van der Waals surface area contributed by atoms with Crippen LogP contribution in [0.5, 0.6) is 0 Å². The minimum absolute atomic E-state index is 0.139. The van der Waals surface area contributed by atoms with Crippen molar-refractivity contribution in [1.82, 2.24) is 5.32 Å². The molecule has 0 aromatic heterocycles. The molecule has 3 amide bonds. The molecular formula is C19H19N5O5. The van der Waals surface area contributed by atoms with Gasteiger partial charge >= 0.3 is 0 Å². The van der Waals surface area contributed by atoms with Gasteiger partial charge in [0, 0.05) is 36.3 Å². The molecule has 3 rings (SSSR count). The second kappa shape index (κ2) is 8.07. The van der Waals surface area contributed by atoms with Gasteiger partial charge in [0.2, 0.25) is 5.91 Å². The third kappa shape index (κ3) is 3.92. The van der Waals surface area contributed by atoms with E-state index in [1.807, 2.05) is 0 Å². The topological polar surface area (TPSA) is 148 Å². The zero-order chi connectivity index (χ0) is 21.1. The first kappa shape index (κ1) is 20.0. The van der Waals surface area contributed by atoms with Gasteiger partial charge in [0.25, 0.3) is 17.5 Å². The first-order valence-electron chi connectivity index (χ1n) is 8.84. The van der Waals surface area contributed by atoms with Crippen LogP contribution < -0.4 is 21.3 Å². The van der Waals surface area contributed by atoms with E-state index in [4.69, 9.17) is 5.73 Å². The lowest BCUT2D eigenvalue weighted by molar-refractivity contribution is -0.384. The Labute approximate surface area is 165 Å². The Morgan fingerprint density at radius 2 is 1.86 bits per heavy atom. The summed E-state index contributed by atoms with van der Waals surface area (Å²) < 4.78 is 0. The van der Waals surface area contributed by atoms with E-state index in [-0.39, 0.29) is 17.2 Å². The second-order valence-electron chi connectivity index (χ2n) is 6.42. The molecule has 1 aliphatic rings. The van der Waals surface area contributed by atoms with Crippen molar-refractivity contribution in [3.63, 3.8) is 0 Å². The number of amides is 3. The molecule has 2 aromatic rings. The molecule has 0 radical (unpaired) electrons. The number of carbonyl (C=O) groups is 3. The quantitative estimate of drug-likeness (QED) is 0.511. The third-order valence-corrected chi connectivity index (χ3v) is 4.52. The van der Waals surface area contributed by atoms with Gasteiger partial charge in [0.15, 0.2) is 0 Å². The minimum Gasteiger partial charge on any atom is -0.351 e. The summed E-state index contributed by atoms with van der Waals surface area (Å²) in [6.45, 7) is 2.18. The van der Waals surface area contributed by atoms with Crippen molar-refractivity contribution in [3.8, 4) is 0 Å². The number of nitrogens with one attached hydrogen (secondary N) is 2. The molecule has 150 valence electrons. The molecule has 0 aliphatic carbocycles. The van der Waals surface area contributed by atoms with Gasteiger partial charge in [-0.3, -0.25) is 29.4 Å². The van der Waals surface area contributed by atoms with Crippen molar-refractivity contribution in [2.45, 2.75) is 13.0 Å². The highest BCUT2D eigenvalue weighted by Crippen LogP contribution is 2.34. The van der Waals surface area contributed by atoms with Crippen LogP contribution in [0.2, 0.25) is 0 Å². The molecular weight excluding hydrogens is 378 g/mol. The van der Waals surface area contributed by atoms with Crippen LogP contribution in [-0.4, -0.2) is 41.8 Å². The summed E-state index contributed by atoms with van der Waals surface area (Å²) in [5, 5.41) is 16.1. The van der Waals surface area contributed by atoms with Crippen molar-refractivity contribution < 1.29 is 19.3 Å². The second-order valence-corrected chi connectivity index (χ2v) is 6.42. The SMILES string of the molecule is CC1C(=O)Nc2cc(C(=O)NCCN)ccc2N1C(=O)c1ccc([N+](=O)[O-])cc1. The molecule has 1 unspecified atom stereocenters. The van der Waals surface area contributed by atoms with Crippen LogP contribution >= 0.6 is 0 Å². The summed E-state index contributed by atoms with van der Waals surface area (Å²) in [7, 11) is 0. The Hall–Kier alpha value is -3.79. The van der Waals surface area contributed by atoms with Gasteiger partial charge in [0.05, 0.1) is 16.3 Å². The number of fused-ring (bicyclic) bond motifs is 1.